The molecule has 1 aliphatic heterocycles. The number of halogens is 1. The maximum absolute atomic E-state index is 15.2. The molecular weight excluding hydrogens is 517 g/mol. The molecule has 0 radical (unpaired) electrons. The van der Waals surface area contributed by atoms with Gasteiger partial charge in [-0.15, -0.1) is 0 Å². The fourth-order valence-corrected chi connectivity index (χ4v) is 6.34. The Balaban J connectivity index is 1.29. The number of carbonyl (C=O) groups excluding carboxylic acids is 1. The molecular formula is C34H40FN3O3. The Labute approximate surface area is 241 Å². The molecule has 0 atom stereocenters. The third kappa shape index (κ3) is 6.35. The van der Waals surface area contributed by atoms with Crippen LogP contribution in [0.25, 0.3) is 10.9 Å². The number of rotatable bonds is 7. The molecule has 5 rings (SSSR count). The lowest BCUT2D eigenvalue weighted by Crippen LogP contribution is -2.46. The zero-order valence-corrected chi connectivity index (χ0v) is 24.3. The van der Waals surface area contributed by atoms with Crippen LogP contribution in [0, 0.1) is 11.7 Å². The van der Waals surface area contributed by atoms with Gasteiger partial charge in [0.25, 0.3) is 0 Å². The Morgan fingerprint density at radius 2 is 1.83 bits per heavy atom. The minimum absolute atomic E-state index is 0.0804. The molecule has 2 aromatic carbocycles. The van der Waals surface area contributed by atoms with Crippen LogP contribution < -0.4 is 4.90 Å². The van der Waals surface area contributed by atoms with E-state index in [1.54, 1.807) is 32.9 Å². The predicted octanol–water partition coefficient (Wildman–Crippen LogP) is 7.79. The Morgan fingerprint density at radius 1 is 1.10 bits per heavy atom. The number of piperidine rings is 1. The van der Waals surface area contributed by atoms with E-state index in [1.807, 2.05) is 6.08 Å². The van der Waals surface area contributed by atoms with Gasteiger partial charge < -0.3 is 5.11 Å². The number of aromatic nitrogens is 1. The summed E-state index contributed by atoms with van der Waals surface area (Å²) in [6.07, 6.45) is 7.20. The molecule has 0 saturated carbocycles. The first kappa shape index (κ1) is 28.9. The minimum atomic E-state index is -1.23. The van der Waals surface area contributed by atoms with Crippen molar-refractivity contribution < 1.29 is 19.1 Å². The van der Waals surface area contributed by atoms with E-state index in [0.717, 1.165) is 43.8 Å². The highest BCUT2D eigenvalue weighted by Gasteiger charge is 2.37. The number of carbonyl (C=O) groups is 2. The van der Waals surface area contributed by atoms with Gasteiger partial charge in [0.05, 0.1) is 27.8 Å². The number of hydrogen-bond acceptors (Lipinski definition) is 4. The quantitative estimate of drug-likeness (QED) is 0.237. The van der Waals surface area contributed by atoms with Crippen LogP contribution in [0.15, 0.2) is 60.2 Å². The van der Waals surface area contributed by atoms with Crippen molar-refractivity contribution in [2.24, 2.45) is 5.92 Å². The van der Waals surface area contributed by atoms with Gasteiger partial charge in [0, 0.05) is 12.1 Å². The van der Waals surface area contributed by atoms with Crippen molar-refractivity contribution in [3.8, 4) is 0 Å². The molecule has 1 aliphatic carbocycles. The summed E-state index contributed by atoms with van der Waals surface area (Å²) >= 11 is 0. The van der Waals surface area contributed by atoms with Crippen molar-refractivity contribution in [1.82, 2.24) is 9.88 Å². The van der Waals surface area contributed by atoms with E-state index < -0.39 is 17.4 Å². The van der Waals surface area contributed by atoms with Gasteiger partial charge >= 0.3 is 6.09 Å². The van der Waals surface area contributed by atoms with E-state index >= 15 is 4.39 Å². The topological polar surface area (TPSA) is 73.7 Å². The Morgan fingerprint density at radius 3 is 2.51 bits per heavy atom. The van der Waals surface area contributed by atoms with E-state index in [0.29, 0.717) is 35.5 Å². The Bertz CT molecular complexity index is 1450. The molecule has 216 valence electrons. The fraction of sp³-hybridized carbons (Fsp3) is 0.441. The van der Waals surface area contributed by atoms with Crippen molar-refractivity contribution in [3.63, 3.8) is 0 Å². The summed E-state index contributed by atoms with van der Waals surface area (Å²) in [4.78, 5) is 34.7. The molecule has 6 nitrogen and oxygen atoms in total. The largest absolute Gasteiger partial charge is 0.465 e. The van der Waals surface area contributed by atoms with Crippen LogP contribution in [-0.2, 0) is 13.0 Å². The van der Waals surface area contributed by atoms with Gasteiger partial charge in [-0.1, -0.05) is 48.9 Å². The van der Waals surface area contributed by atoms with Gasteiger partial charge in [0.1, 0.15) is 5.82 Å². The normalized spacial score (nSPS) is 17.7. The maximum atomic E-state index is 15.2. The highest BCUT2D eigenvalue weighted by atomic mass is 19.1. The summed E-state index contributed by atoms with van der Waals surface area (Å²) in [5, 5.41) is 10.3. The van der Waals surface area contributed by atoms with Crippen LogP contribution >= 0.6 is 0 Å². The van der Waals surface area contributed by atoms with Crippen LogP contribution in [0.2, 0.25) is 0 Å². The van der Waals surface area contributed by atoms with Crippen molar-refractivity contribution in [3.05, 3.63) is 82.8 Å². The van der Waals surface area contributed by atoms with Gasteiger partial charge in [0.15, 0.2) is 5.78 Å². The van der Waals surface area contributed by atoms with Crippen LogP contribution in [0.1, 0.15) is 80.9 Å². The van der Waals surface area contributed by atoms with Crippen LogP contribution in [0.5, 0.6) is 0 Å². The lowest BCUT2D eigenvalue weighted by molar-refractivity contribution is 0.102. The Hall–Kier alpha value is -3.58. The molecule has 1 aromatic heterocycles. The van der Waals surface area contributed by atoms with Crippen LogP contribution in [0.3, 0.4) is 0 Å². The molecule has 1 amide bonds. The zero-order chi connectivity index (χ0) is 29.1. The Kier molecular flexibility index (Phi) is 8.55. The SMILES string of the molecule is CC(C)(C)N(C(=O)O)c1c2c(nc3cccc(F)c13)CCC(=CCCCC1CCN(Cc3ccccc3)CC1)C2=O. The first-order chi connectivity index (χ1) is 19.6. The van der Waals surface area contributed by atoms with Gasteiger partial charge in [-0.25, -0.2) is 9.18 Å². The van der Waals surface area contributed by atoms with E-state index in [4.69, 9.17) is 0 Å². The van der Waals surface area contributed by atoms with E-state index in [9.17, 15) is 14.7 Å². The van der Waals surface area contributed by atoms with Gasteiger partial charge in [-0.2, -0.15) is 0 Å². The molecule has 1 N–H and O–H groups in total. The molecule has 0 unspecified atom stereocenters. The number of pyridine rings is 1. The number of amides is 1. The molecule has 0 spiro atoms. The molecule has 1 saturated heterocycles. The summed E-state index contributed by atoms with van der Waals surface area (Å²) in [7, 11) is 0. The monoisotopic (exact) mass is 557 g/mol. The molecule has 0 bridgehead atoms. The number of nitrogens with zero attached hydrogens (tertiary/aromatic N) is 3. The number of Topliss-reactive ketones (excluding diaryl/α,β-unsaturated/α-hetero) is 1. The lowest BCUT2D eigenvalue weighted by atomic mass is 9.85. The number of carboxylic acid groups (broad SMARTS) is 1. The fourth-order valence-electron chi connectivity index (χ4n) is 6.34. The van der Waals surface area contributed by atoms with Crippen molar-refractivity contribution in [1.29, 1.82) is 0 Å². The number of aryl methyl sites for hydroxylation is 1. The second-order valence-corrected chi connectivity index (χ2v) is 12.4. The number of unbranched alkanes of at least 4 members (excludes halogenated alkanes) is 1. The summed E-state index contributed by atoms with van der Waals surface area (Å²) in [5.74, 6) is -0.116. The van der Waals surface area contributed by atoms with Crippen molar-refractivity contribution >= 4 is 28.5 Å². The highest BCUT2D eigenvalue weighted by molar-refractivity contribution is 6.19. The van der Waals surface area contributed by atoms with Crippen LogP contribution in [-0.4, -0.2) is 45.5 Å². The maximum Gasteiger partial charge on any atom is 0.412 e. The van der Waals surface area contributed by atoms with Gasteiger partial charge in [0.2, 0.25) is 0 Å². The average Bonchev–Trinajstić information content (AvgIpc) is 2.92. The van der Waals surface area contributed by atoms with E-state index in [2.05, 4.69) is 40.2 Å². The second-order valence-electron chi connectivity index (χ2n) is 12.4. The number of fused-ring (bicyclic) bond motifs is 2. The first-order valence-electron chi connectivity index (χ1n) is 14.8. The van der Waals surface area contributed by atoms with Crippen molar-refractivity contribution in [2.75, 3.05) is 18.0 Å². The summed E-state index contributed by atoms with van der Waals surface area (Å²) in [6, 6.07) is 15.1. The summed E-state index contributed by atoms with van der Waals surface area (Å²) in [6.45, 7) is 8.48. The predicted molar refractivity (Wildman–Crippen MR) is 161 cm³/mol. The van der Waals surface area contributed by atoms with E-state index in [1.165, 1.54) is 24.5 Å². The lowest BCUT2D eigenvalue weighted by Gasteiger charge is -2.36. The molecule has 1 fully saturated rings. The average molecular weight is 558 g/mol. The molecule has 2 heterocycles. The third-order valence-electron chi connectivity index (χ3n) is 8.41. The molecule has 7 heteroatoms. The number of likely N-dealkylation sites (tertiary alicyclic amines) is 1. The second kappa shape index (κ2) is 12.1. The first-order valence-corrected chi connectivity index (χ1v) is 14.8. The van der Waals surface area contributed by atoms with Gasteiger partial charge in [-0.3, -0.25) is 19.6 Å². The summed E-state index contributed by atoms with van der Waals surface area (Å²) in [5.41, 5.74) is 2.38. The zero-order valence-electron chi connectivity index (χ0n) is 24.3. The summed E-state index contributed by atoms with van der Waals surface area (Å²) < 4.78 is 15.2. The highest BCUT2D eigenvalue weighted by Crippen LogP contribution is 2.41. The third-order valence-corrected chi connectivity index (χ3v) is 8.41. The standard InChI is InChI=1S/C34H40FN3O3/c1-34(2,3)38(33(40)41)31-29-26(35)14-9-15-27(29)36-28-17-16-25(32(39)30(28)31)13-8-7-10-23-18-20-37(21-19-23)22-24-11-5-4-6-12-24/h4-6,9,11-15,23H,7-8,10,16-22H2,1-3H3,(H,40,41). The molecule has 2 aliphatic rings. The van der Waals surface area contributed by atoms with Gasteiger partial charge in [-0.05, 0) is 102 Å². The van der Waals surface area contributed by atoms with E-state index in [-0.39, 0.29) is 22.4 Å². The number of ketones is 1. The number of benzene rings is 2. The number of hydrogen-bond donors (Lipinski definition) is 1. The number of anilines is 1. The van der Waals surface area contributed by atoms with Crippen molar-refractivity contribution in [2.45, 2.75) is 77.8 Å². The number of allylic oxidation sites excluding steroid dienone is 2. The molecule has 41 heavy (non-hydrogen) atoms. The minimum Gasteiger partial charge on any atom is -0.465 e. The molecule has 3 aromatic rings. The van der Waals surface area contributed by atoms with Crippen LogP contribution in [0.4, 0.5) is 14.9 Å². The smallest absolute Gasteiger partial charge is 0.412 e.